The lowest BCUT2D eigenvalue weighted by Gasteiger charge is -2.10. The van der Waals surface area contributed by atoms with Crippen LogP contribution < -0.4 is 0 Å². The lowest BCUT2D eigenvalue weighted by atomic mass is 9.98. The number of nitriles is 1. The second-order valence-electron chi connectivity index (χ2n) is 3.86. The molecule has 0 unspecified atom stereocenters. The lowest BCUT2D eigenvalue weighted by Crippen LogP contribution is -1.99. The topological polar surface area (TPSA) is 44.0 Å². The number of aliphatic hydroxyl groups is 1. The Balaban J connectivity index is 2.90. The minimum absolute atomic E-state index is 0.173. The van der Waals surface area contributed by atoms with Gasteiger partial charge in [0.25, 0.3) is 0 Å². The van der Waals surface area contributed by atoms with Crippen LogP contribution in [-0.4, -0.2) is 5.11 Å². The molecule has 0 amide bonds. The molecule has 0 radical (unpaired) electrons. The first kappa shape index (κ1) is 11.5. The van der Waals surface area contributed by atoms with Crippen molar-refractivity contribution in [2.45, 2.75) is 25.9 Å². The molecule has 0 aliphatic heterocycles. The maximum absolute atomic E-state index is 9.70. The summed E-state index contributed by atoms with van der Waals surface area (Å²) >= 11 is 0. The molecule has 1 aromatic rings. The Kier molecular flexibility index (Phi) is 3.65. The first-order chi connectivity index (χ1) is 7.06. The Labute approximate surface area is 90.5 Å². The third-order valence-electron chi connectivity index (χ3n) is 2.39. The Morgan fingerprint density at radius 1 is 1.27 bits per heavy atom. The monoisotopic (exact) mass is 201 g/mol. The number of hydrogen-bond donors (Lipinski definition) is 1. The van der Waals surface area contributed by atoms with Crippen molar-refractivity contribution < 1.29 is 5.11 Å². The zero-order chi connectivity index (χ0) is 11.4. The molecular weight excluding hydrogens is 186 g/mol. The van der Waals surface area contributed by atoms with Gasteiger partial charge in [-0.05, 0) is 17.0 Å². The standard InChI is InChI=1S/C13H15NO/c1-9(2)11-4-6-12(7-5-11)13(15)10(3)8-14/h4-7,9,13,15H,3H2,1-2H3/t13-/m0/s1. The van der Waals surface area contributed by atoms with Crippen LogP contribution >= 0.6 is 0 Å². The van der Waals surface area contributed by atoms with Crippen LogP contribution in [0.5, 0.6) is 0 Å². The summed E-state index contributed by atoms with van der Waals surface area (Å²) in [4.78, 5) is 0. The van der Waals surface area contributed by atoms with Gasteiger partial charge in [-0.3, -0.25) is 0 Å². The molecule has 0 spiro atoms. The normalized spacial score (nSPS) is 12.2. The highest BCUT2D eigenvalue weighted by Gasteiger charge is 2.10. The van der Waals surface area contributed by atoms with Gasteiger partial charge in [0.15, 0.2) is 0 Å². The van der Waals surface area contributed by atoms with E-state index in [-0.39, 0.29) is 5.57 Å². The Hall–Kier alpha value is -1.59. The maximum Gasteiger partial charge on any atom is 0.113 e. The van der Waals surface area contributed by atoms with E-state index in [0.29, 0.717) is 11.5 Å². The zero-order valence-corrected chi connectivity index (χ0v) is 9.07. The minimum Gasteiger partial charge on any atom is -0.383 e. The van der Waals surface area contributed by atoms with Crippen molar-refractivity contribution >= 4 is 0 Å². The predicted molar refractivity (Wildman–Crippen MR) is 60.2 cm³/mol. The van der Waals surface area contributed by atoms with E-state index in [4.69, 9.17) is 5.26 Å². The van der Waals surface area contributed by atoms with Gasteiger partial charge in [0, 0.05) is 0 Å². The van der Waals surface area contributed by atoms with Crippen LogP contribution in [0.1, 0.15) is 37.0 Å². The fourth-order valence-electron chi connectivity index (χ4n) is 1.33. The van der Waals surface area contributed by atoms with Gasteiger partial charge in [-0.15, -0.1) is 0 Å². The average molecular weight is 201 g/mol. The summed E-state index contributed by atoms with van der Waals surface area (Å²) in [5.74, 6) is 0.468. The molecule has 0 heterocycles. The molecule has 0 saturated carbocycles. The molecule has 2 nitrogen and oxygen atoms in total. The molecule has 0 bridgehead atoms. The molecule has 78 valence electrons. The van der Waals surface area contributed by atoms with Gasteiger partial charge in [0.05, 0.1) is 11.6 Å². The molecule has 2 heteroatoms. The summed E-state index contributed by atoms with van der Waals surface area (Å²) in [5.41, 5.74) is 2.10. The molecular formula is C13H15NO. The van der Waals surface area contributed by atoms with E-state index < -0.39 is 6.10 Å². The summed E-state index contributed by atoms with van der Waals surface area (Å²) in [6.45, 7) is 7.72. The van der Waals surface area contributed by atoms with Crippen LogP contribution in [0, 0.1) is 11.3 Å². The largest absolute Gasteiger partial charge is 0.383 e. The molecule has 0 aliphatic rings. The Morgan fingerprint density at radius 3 is 2.13 bits per heavy atom. The summed E-state index contributed by atoms with van der Waals surface area (Å²) < 4.78 is 0. The fraction of sp³-hybridized carbons (Fsp3) is 0.308. The SMILES string of the molecule is C=C(C#N)[C@H](O)c1ccc(C(C)C)cc1. The summed E-state index contributed by atoms with van der Waals surface area (Å²) in [5, 5.41) is 18.3. The second kappa shape index (κ2) is 4.77. The highest BCUT2D eigenvalue weighted by Crippen LogP contribution is 2.22. The highest BCUT2D eigenvalue weighted by molar-refractivity contribution is 5.34. The van der Waals surface area contributed by atoms with E-state index in [1.165, 1.54) is 5.56 Å². The third-order valence-corrected chi connectivity index (χ3v) is 2.39. The molecule has 1 atom stereocenters. The Morgan fingerprint density at radius 2 is 1.73 bits per heavy atom. The zero-order valence-electron chi connectivity index (χ0n) is 9.07. The van der Waals surface area contributed by atoms with E-state index in [1.54, 1.807) is 0 Å². The van der Waals surface area contributed by atoms with Crippen LogP contribution in [0.2, 0.25) is 0 Å². The van der Waals surface area contributed by atoms with Crippen molar-refractivity contribution in [3.8, 4) is 6.07 Å². The van der Waals surface area contributed by atoms with Crippen molar-refractivity contribution in [2.24, 2.45) is 0 Å². The van der Waals surface area contributed by atoms with Gasteiger partial charge in [0.2, 0.25) is 0 Å². The van der Waals surface area contributed by atoms with Crippen molar-refractivity contribution in [2.75, 3.05) is 0 Å². The minimum atomic E-state index is -0.879. The first-order valence-electron chi connectivity index (χ1n) is 4.93. The van der Waals surface area contributed by atoms with Gasteiger partial charge in [-0.25, -0.2) is 0 Å². The molecule has 1 aromatic carbocycles. The van der Waals surface area contributed by atoms with Crippen molar-refractivity contribution in [1.29, 1.82) is 5.26 Å². The first-order valence-corrected chi connectivity index (χ1v) is 4.93. The number of nitrogens with zero attached hydrogens (tertiary/aromatic N) is 1. The van der Waals surface area contributed by atoms with E-state index >= 15 is 0 Å². The van der Waals surface area contributed by atoms with Crippen molar-refractivity contribution in [3.05, 3.63) is 47.5 Å². The third kappa shape index (κ3) is 2.68. The van der Waals surface area contributed by atoms with E-state index in [1.807, 2.05) is 30.3 Å². The molecule has 0 saturated heterocycles. The Bertz CT molecular complexity index is 384. The summed E-state index contributed by atoms with van der Waals surface area (Å²) in [6, 6.07) is 9.46. The number of aliphatic hydroxyl groups excluding tert-OH is 1. The molecule has 1 N–H and O–H groups in total. The van der Waals surface area contributed by atoms with E-state index in [2.05, 4.69) is 20.4 Å². The highest BCUT2D eigenvalue weighted by atomic mass is 16.3. The van der Waals surface area contributed by atoms with Gasteiger partial charge < -0.3 is 5.11 Å². The molecule has 15 heavy (non-hydrogen) atoms. The number of rotatable bonds is 3. The predicted octanol–water partition coefficient (Wildman–Crippen LogP) is 2.92. The van der Waals surface area contributed by atoms with Gasteiger partial charge in [-0.2, -0.15) is 5.26 Å². The van der Waals surface area contributed by atoms with Crippen molar-refractivity contribution in [3.63, 3.8) is 0 Å². The molecule has 0 aliphatic carbocycles. The smallest absolute Gasteiger partial charge is 0.113 e. The summed E-state index contributed by atoms with van der Waals surface area (Å²) in [6.07, 6.45) is -0.879. The number of benzene rings is 1. The maximum atomic E-state index is 9.70. The van der Waals surface area contributed by atoms with Crippen LogP contribution in [-0.2, 0) is 0 Å². The van der Waals surface area contributed by atoms with Gasteiger partial charge in [0.1, 0.15) is 6.10 Å². The van der Waals surface area contributed by atoms with Crippen LogP contribution in [0.3, 0.4) is 0 Å². The van der Waals surface area contributed by atoms with Crippen LogP contribution in [0.25, 0.3) is 0 Å². The summed E-state index contributed by atoms with van der Waals surface area (Å²) in [7, 11) is 0. The van der Waals surface area contributed by atoms with Gasteiger partial charge >= 0.3 is 0 Å². The van der Waals surface area contributed by atoms with E-state index in [0.717, 1.165) is 0 Å². The lowest BCUT2D eigenvalue weighted by molar-refractivity contribution is 0.221. The van der Waals surface area contributed by atoms with E-state index in [9.17, 15) is 5.11 Å². The molecule has 0 fully saturated rings. The second-order valence-corrected chi connectivity index (χ2v) is 3.86. The average Bonchev–Trinajstić information content (AvgIpc) is 2.27. The fourth-order valence-corrected chi connectivity index (χ4v) is 1.33. The van der Waals surface area contributed by atoms with Gasteiger partial charge in [-0.1, -0.05) is 44.7 Å². The quantitative estimate of drug-likeness (QED) is 0.764. The molecule has 0 aromatic heterocycles. The van der Waals surface area contributed by atoms with Crippen LogP contribution in [0.15, 0.2) is 36.4 Å². The van der Waals surface area contributed by atoms with Crippen molar-refractivity contribution in [1.82, 2.24) is 0 Å². The number of hydrogen-bond acceptors (Lipinski definition) is 2. The molecule has 1 rings (SSSR count). The van der Waals surface area contributed by atoms with Crippen LogP contribution in [0.4, 0.5) is 0 Å².